The van der Waals surface area contributed by atoms with E-state index in [1.54, 1.807) is 4.68 Å². The molecule has 0 unspecified atom stereocenters. The van der Waals surface area contributed by atoms with E-state index >= 15 is 0 Å². The Kier molecular flexibility index (Phi) is 4.91. The number of carboxylic acid groups (broad SMARTS) is 1. The Hall–Kier alpha value is -1.43. The molecule has 0 bridgehead atoms. The topological polar surface area (TPSA) is 88.2 Å². The number of hydrogen-bond acceptors (Lipinski definition) is 4. The van der Waals surface area contributed by atoms with Crippen LogP contribution in [0.4, 0.5) is 0 Å². The lowest BCUT2D eigenvalue weighted by molar-refractivity contribution is 0.0689. The number of aliphatic hydroxyl groups is 1. The fraction of sp³-hybridized carbons (Fsp3) is 0.700. The van der Waals surface area contributed by atoms with Gasteiger partial charge >= 0.3 is 5.97 Å². The van der Waals surface area contributed by atoms with E-state index in [-0.39, 0.29) is 12.3 Å². The number of aryl methyl sites for hydroxylation is 1. The molecule has 0 saturated carbocycles. The van der Waals surface area contributed by atoms with Gasteiger partial charge in [0.2, 0.25) is 0 Å². The molecule has 1 heterocycles. The number of rotatable bonds is 7. The summed E-state index contributed by atoms with van der Waals surface area (Å²) in [5.74, 6) is -1.04. The average molecular weight is 227 g/mol. The number of unbranched alkanes of at least 4 members (excludes halogenated alkanes) is 1. The summed E-state index contributed by atoms with van der Waals surface area (Å²) in [7, 11) is 0. The van der Waals surface area contributed by atoms with Crippen molar-refractivity contribution in [3.8, 4) is 0 Å². The van der Waals surface area contributed by atoms with Gasteiger partial charge in [-0.3, -0.25) is 0 Å². The van der Waals surface area contributed by atoms with Gasteiger partial charge in [-0.2, -0.15) is 0 Å². The molecule has 0 spiro atoms. The minimum atomic E-state index is -1.04. The van der Waals surface area contributed by atoms with E-state index in [2.05, 4.69) is 10.3 Å². The predicted molar refractivity (Wildman–Crippen MR) is 57.3 cm³/mol. The van der Waals surface area contributed by atoms with Crippen LogP contribution in [0.1, 0.15) is 42.4 Å². The Balaban J connectivity index is 2.85. The molecule has 1 aromatic heterocycles. The van der Waals surface area contributed by atoms with Gasteiger partial charge in [-0.15, -0.1) is 5.10 Å². The van der Waals surface area contributed by atoms with Gasteiger partial charge in [0.1, 0.15) is 0 Å². The maximum atomic E-state index is 10.9. The monoisotopic (exact) mass is 227 g/mol. The summed E-state index contributed by atoms with van der Waals surface area (Å²) in [6.07, 6.45) is 3.12. The summed E-state index contributed by atoms with van der Waals surface area (Å²) >= 11 is 0. The molecule has 0 radical (unpaired) electrons. The summed E-state index contributed by atoms with van der Waals surface area (Å²) < 4.78 is 1.58. The molecule has 0 aromatic carbocycles. The summed E-state index contributed by atoms with van der Waals surface area (Å²) in [6.45, 7) is 2.62. The first-order valence-electron chi connectivity index (χ1n) is 5.47. The van der Waals surface area contributed by atoms with Crippen LogP contribution < -0.4 is 0 Å². The van der Waals surface area contributed by atoms with Crippen LogP contribution in [0.3, 0.4) is 0 Å². The molecule has 6 heteroatoms. The Morgan fingerprint density at radius 2 is 2.19 bits per heavy atom. The van der Waals surface area contributed by atoms with Crippen molar-refractivity contribution in [2.24, 2.45) is 0 Å². The zero-order valence-electron chi connectivity index (χ0n) is 9.39. The quantitative estimate of drug-likeness (QED) is 0.715. The Bertz CT molecular complexity index is 349. The van der Waals surface area contributed by atoms with Gasteiger partial charge in [0, 0.05) is 13.2 Å². The maximum absolute atomic E-state index is 10.9. The number of carbonyl (C=O) groups is 1. The molecule has 0 aliphatic rings. The molecule has 0 fully saturated rings. The highest BCUT2D eigenvalue weighted by molar-refractivity contribution is 5.86. The maximum Gasteiger partial charge on any atom is 0.358 e. The molecule has 0 aliphatic heterocycles. The van der Waals surface area contributed by atoms with Gasteiger partial charge in [0.15, 0.2) is 5.69 Å². The van der Waals surface area contributed by atoms with Crippen LogP contribution >= 0.6 is 0 Å². The van der Waals surface area contributed by atoms with Crippen molar-refractivity contribution in [2.75, 3.05) is 6.61 Å². The molecule has 0 saturated heterocycles. The second-order valence-corrected chi connectivity index (χ2v) is 3.59. The van der Waals surface area contributed by atoms with Gasteiger partial charge in [0.05, 0.1) is 5.69 Å². The van der Waals surface area contributed by atoms with Crippen molar-refractivity contribution >= 4 is 5.97 Å². The van der Waals surface area contributed by atoms with Crippen molar-refractivity contribution in [3.63, 3.8) is 0 Å². The fourth-order valence-electron chi connectivity index (χ4n) is 1.49. The molecule has 2 N–H and O–H groups in total. The van der Waals surface area contributed by atoms with Crippen molar-refractivity contribution in [1.29, 1.82) is 0 Å². The Morgan fingerprint density at radius 1 is 1.44 bits per heavy atom. The first-order chi connectivity index (χ1) is 7.70. The Morgan fingerprint density at radius 3 is 2.75 bits per heavy atom. The third kappa shape index (κ3) is 3.03. The smallest absolute Gasteiger partial charge is 0.358 e. The van der Waals surface area contributed by atoms with E-state index < -0.39 is 5.97 Å². The molecule has 6 nitrogen and oxygen atoms in total. The minimum absolute atomic E-state index is 0.0337. The SMILES string of the molecule is CCCCc1c(C(=O)O)nnn1CCCO. The van der Waals surface area contributed by atoms with Crippen molar-refractivity contribution in [3.05, 3.63) is 11.4 Å². The highest BCUT2D eigenvalue weighted by Gasteiger charge is 2.17. The molecule has 0 amide bonds. The number of hydrogen-bond donors (Lipinski definition) is 2. The lowest BCUT2D eigenvalue weighted by Gasteiger charge is -2.05. The van der Waals surface area contributed by atoms with E-state index in [0.717, 1.165) is 12.8 Å². The second-order valence-electron chi connectivity index (χ2n) is 3.59. The molecular formula is C10H17N3O3. The number of nitrogens with zero attached hydrogens (tertiary/aromatic N) is 3. The number of aliphatic hydroxyl groups excluding tert-OH is 1. The van der Waals surface area contributed by atoms with Crippen LogP contribution in [0.25, 0.3) is 0 Å². The van der Waals surface area contributed by atoms with Crippen molar-refractivity contribution < 1.29 is 15.0 Å². The standard InChI is InChI=1S/C10H17N3O3/c1-2-3-5-8-9(10(15)16)11-12-13(8)6-4-7-14/h14H,2-7H2,1H3,(H,15,16). The third-order valence-corrected chi connectivity index (χ3v) is 2.34. The molecule has 1 rings (SSSR count). The number of aromatic nitrogens is 3. The minimum Gasteiger partial charge on any atom is -0.476 e. The number of carboxylic acids is 1. The van der Waals surface area contributed by atoms with Gasteiger partial charge in [-0.05, 0) is 19.3 Å². The summed E-state index contributed by atoms with van der Waals surface area (Å²) in [4.78, 5) is 10.9. The van der Waals surface area contributed by atoms with Gasteiger partial charge in [-0.1, -0.05) is 18.6 Å². The first-order valence-corrected chi connectivity index (χ1v) is 5.47. The first kappa shape index (κ1) is 12.6. The average Bonchev–Trinajstić information content (AvgIpc) is 2.66. The molecule has 0 atom stereocenters. The van der Waals surface area contributed by atoms with Gasteiger partial charge < -0.3 is 10.2 Å². The van der Waals surface area contributed by atoms with Gasteiger partial charge in [-0.25, -0.2) is 9.48 Å². The van der Waals surface area contributed by atoms with E-state index in [4.69, 9.17) is 10.2 Å². The fourth-order valence-corrected chi connectivity index (χ4v) is 1.49. The lowest BCUT2D eigenvalue weighted by Crippen LogP contribution is -2.09. The van der Waals surface area contributed by atoms with Gasteiger partial charge in [0.25, 0.3) is 0 Å². The van der Waals surface area contributed by atoms with E-state index in [1.165, 1.54) is 0 Å². The molecular weight excluding hydrogens is 210 g/mol. The zero-order valence-corrected chi connectivity index (χ0v) is 9.39. The second kappa shape index (κ2) is 6.22. The largest absolute Gasteiger partial charge is 0.476 e. The van der Waals surface area contributed by atoms with Crippen molar-refractivity contribution in [2.45, 2.75) is 39.2 Å². The Labute approximate surface area is 93.9 Å². The van der Waals surface area contributed by atoms with Crippen LogP contribution in [-0.2, 0) is 13.0 Å². The van der Waals surface area contributed by atoms with Crippen LogP contribution in [-0.4, -0.2) is 37.8 Å². The van der Waals surface area contributed by atoms with E-state index in [0.29, 0.717) is 25.1 Å². The number of aromatic carboxylic acids is 1. The summed E-state index contributed by atoms with van der Waals surface area (Å²) in [5, 5.41) is 25.1. The predicted octanol–water partition coefficient (Wildman–Crippen LogP) is 0.701. The zero-order chi connectivity index (χ0) is 12.0. The summed E-state index contributed by atoms with van der Waals surface area (Å²) in [6, 6.07) is 0. The molecule has 1 aromatic rings. The van der Waals surface area contributed by atoms with Crippen LogP contribution in [0.2, 0.25) is 0 Å². The van der Waals surface area contributed by atoms with Crippen LogP contribution in [0.5, 0.6) is 0 Å². The highest BCUT2D eigenvalue weighted by atomic mass is 16.4. The third-order valence-electron chi connectivity index (χ3n) is 2.34. The van der Waals surface area contributed by atoms with Crippen molar-refractivity contribution in [1.82, 2.24) is 15.0 Å². The lowest BCUT2D eigenvalue weighted by atomic mass is 10.1. The molecule has 90 valence electrons. The summed E-state index contributed by atoms with van der Waals surface area (Å²) in [5.41, 5.74) is 0.689. The normalized spacial score (nSPS) is 10.6. The van der Waals surface area contributed by atoms with Crippen LogP contribution in [0, 0.1) is 0 Å². The highest BCUT2D eigenvalue weighted by Crippen LogP contribution is 2.10. The van der Waals surface area contributed by atoms with E-state index in [9.17, 15) is 4.79 Å². The van der Waals surface area contributed by atoms with E-state index in [1.807, 2.05) is 6.92 Å². The molecule has 0 aliphatic carbocycles. The molecule has 16 heavy (non-hydrogen) atoms. The van der Waals surface area contributed by atoms with Crippen LogP contribution in [0.15, 0.2) is 0 Å².